The number of carbonyl (C=O) groups excluding carboxylic acids is 3. The van der Waals surface area contributed by atoms with Crippen molar-refractivity contribution in [2.45, 2.75) is 14.9 Å². The molecule has 0 aliphatic carbocycles. The molecule has 0 aliphatic rings. The molecule has 7 nitrogen and oxygen atoms in total. The number of anilines is 1. The highest BCUT2D eigenvalue weighted by atomic mass is 16.1. The molecule has 1 aromatic heterocycles. The molecule has 0 unspecified atom stereocenters. The average Bonchev–Trinajstić information content (AvgIpc) is 2.37. The number of aromatic nitrogens is 2. The van der Waals surface area contributed by atoms with Gasteiger partial charge >= 0.3 is 0 Å². The van der Waals surface area contributed by atoms with Crippen molar-refractivity contribution in [1.82, 2.24) is 14.9 Å². The summed E-state index contributed by atoms with van der Waals surface area (Å²) in [5, 5.41) is 0. The molecule has 2 N–H and O–H groups in total. The fourth-order valence-corrected chi connectivity index (χ4v) is 0.796. The molecule has 0 aliphatic heterocycles. The van der Waals surface area contributed by atoms with E-state index in [1.54, 1.807) is 19.0 Å². The highest BCUT2D eigenvalue weighted by molar-refractivity contribution is 5.98. The Morgan fingerprint density at radius 2 is 1.55 bits per heavy atom. The second-order valence-electron chi connectivity index (χ2n) is 3.32. The van der Waals surface area contributed by atoms with E-state index in [2.05, 4.69) is 9.97 Å². The van der Waals surface area contributed by atoms with Crippen molar-refractivity contribution in [3.63, 3.8) is 0 Å². The first-order valence-corrected chi connectivity index (χ1v) is 4.84. The molecule has 0 saturated heterocycles. The van der Waals surface area contributed by atoms with Crippen LogP contribution in [-0.2, 0) is 9.59 Å². The normalized spacial score (nSPS) is 7.50. The molecule has 1 heterocycles. The monoisotopic (exact) mass is 282 g/mol. The van der Waals surface area contributed by atoms with E-state index >= 15 is 0 Å². The maximum absolute atomic E-state index is 10.00. The Bertz CT molecular complexity index is 418. The summed E-state index contributed by atoms with van der Waals surface area (Å²) in [6.45, 7) is 0. The van der Waals surface area contributed by atoms with E-state index in [0.717, 1.165) is 0 Å². The van der Waals surface area contributed by atoms with Crippen LogP contribution in [0.25, 0.3) is 0 Å². The number of nitrogen functional groups attached to an aromatic ring is 1. The third-order valence-corrected chi connectivity index (χ3v) is 1.51. The predicted molar refractivity (Wildman–Crippen MR) is 79.2 cm³/mol. The molecule has 0 atom stereocenters. The van der Waals surface area contributed by atoms with E-state index in [-0.39, 0.29) is 26.4 Å². The maximum Gasteiger partial charge on any atom is 0.219 e. The molecule has 0 bridgehead atoms. The Hall–Kier alpha value is -2.57. The van der Waals surface area contributed by atoms with E-state index in [1.165, 1.54) is 18.6 Å². The van der Waals surface area contributed by atoms with Crippen molar-refractivity contribution in [3.8, 4) is 0 Å². The molecule has 0 aromatic carbocycles. The third kappa shape index (κ3) is 10.6. The number of hydrogen-bond donors (Lipinski definition) is 1. The molecule has 0 saturated carbocycles. The Labute approximate surface area is 119 Å². The summed E-state index contributed by atoms with van der Waals surface area (Å²) in [5.41, 5.74) is 5.73. The van der Waals surface area contributed by atoms with Crippen LogP contribution < -0.4 is 5.73 Å². The fraction of sp³-hybridized carbons (Fsp3) is 0.308. The topological polar surface area (TPSA) is 106 Å². The summed E-state index contributed by atoms with van der Waals surface area (Å²) in [4.78, 5) is 38.7. The van der Waals surface area contributed by atoms with E-state index in [0.29, 0.717) is 24.4 Å². The van der Waals surface area contributed by atoms with Crippen LogP contribution in [0.4, 0.5) is 5.95 Å². The molecular formula is C13H22N4O3. The van der Waals surface area contributed by atoms with Gasteiger partial charge in [0.15, 0.2) is 18.9 Å². The first-order chi connectivity index (χ1) is 8.53. The number of carbonyl (C=O) groups is 3. The summed E-state index contributed by atoms with van der Waals surface area (Å²) in [7, 11) is 3.49. The van der Waals surface area contributed by atoms with Crippen molar-refractivity contribution in [1.29, 1.82) is 0 Å². The van der Waals surface area contributed by atoms with Gasteiger partial charge in [0.05, 0.1) is 11.1 Å². The number of nitrogens with two attached hydrogens (primary N) is 1. The standard InChI is InChI=1S/C6H9NO2.C5H5N3O.2CH4/c1-7(2)3-6(4-8)5-9;6-5-7-1-4(3-9)2-8-5;;/h3-5H,1-2H3;1-3H,(H2,6,7,8);2*1H4. The van der Waals surface area contributed by atoms with Gasteiger partial charge in [-0.15, -0.1) is 0 Å². The van der Waals surface area contributed by atoms with Crippen LogP contribution in [-0.4, -0.2) is 47.8 Å². The molecule has 0 spiro atoms. The van der Waals surface area contributed by atoms with Gasteiger partial charge in [-0.25, -0.2) is 9.97 Å². The van der Waals surface area contributed by atoms with Crippen LogP contribution in [0.2, 0.25) is 0 Å². The summed E-state index contributed by atoms with van der Waals surface area (Å²) in [5.74, 6) is 0.181. The fourth-order valence-electron chi connectivity index (χ4n) is 0.796. The van der Waals surface area contributed by atoms with E-state index < -0.39 is 0 Å². The van der Waals surface area contributed by atoms with Crippen molar-refractivity contribution in [2.75, 3.05) is 19.8 Å². The van der Waals surface area contributed by atoms with Gasteiger partial charge in [0.1, 0.15) is 0 Å². The molecule has 1 rings (SSSR count). The third-order valence-electron chi connectivity index (χ3n) is 1.51. The minimum atomic E-state index is 0. The van der Waals surface area contributed by atoms with E-state index in [4.69, 9.17) is 5.73 Å². The molecule has 1 aromatic rings. The van der Waals surface area contributed by atoms with E-state index in [9.17, 15) is 14.4 Å². The number of hydrogen-bond acceptors (Lipinski definition) is 7. The number of aldehydes is 3. The Morgan fingerprint density at radius 1 is 1.10 bits per heavy atom. The van der Waals surface area contributed by atoms with Gasteiger partial charge in [0.2, 0.25) is 5.95 Å². The second kappa shape index (κ2) is 12.9. The first-order valence-electron chi connectivity index (χ1n) is 4.84. The van der Waals surface area contributed by atoms with Crippen molar-refractivity contribution in [3.05, 3.63) is 29.7 Å². The van der Waals surface area contributed by atoms with Crippen LogP contribution in [0, 0.1) is 0 Å². The molecule has 0 amide bonds. The van der Waals surface area contributed by atoms with Crippen LogP contribution in [0.1, 0.15) is 25.2 Å². The zero-order valence-corrected chi connectivity index (χ0v) is 10.1. The van der Waals surface area contributed by atoms with Gasteiger partial charge in [-0.2, -0.15) is 0 Å². The van der Waals surface area contributed by atoms with Gasteiger partial charge in [0, 0.05) is 32.7 Å². The van der Waals surface area contributed by atoms with Gasteiger partial charge in [-0.3, -0.25) is 14.4 Å². The first kappa shape index (κ1) is 22.6. The summed E-state index contributed by atoms with van der Waals surface area (Å²) >= 11 is 0. The minimum Gasteiger partial charge on any atom is -0.383 e. The SMILES string of the molecule is C.C.CN(C)C=C(C=O)C=O.Nc1ncc(C=O)cn1. The lowest BCUT2D eigenvalue weighted by Crippen LogP contribution is -2.03. The molecule has 20 heavy (non-hydrogen) atoms. The zero-order valence-electron chi connectivity index (χ0n) is 10.1. The van der Waals surface area contributed by atoms with Crippen molar-refractivity contribution >= 4 is 24.8 Å². The van der Waals surface area contributed by atoms with Gasteiger partial charge in [-0.1, -0.05) is 14.9 Å². The average molecular weight is 282 g/mol. The number of rotatable bonds is 4. The van der Waals surface area contributed by atoms with Gasteiger partial charge in [-0.05, 0) is 0 Å². The predicted octanol–water partition coefficient (Wildman–Crippen LogP) is 0.973. The lowest BCUT2D eigenvalue weighted by Gasteiger charge is -2.02. The molecule has 7 heteroatoms. The van der Waals surface area contributed by atoms with Crippen LogP contribution in [0.15, 0.2) is 24.2 Å². The minimum absolute atomic E-state index is 0. The molecule has 0 radical (unpaired) electrons. The quantitative estimate of drug-likeness (QED) is 0.379. The van der Waals surface area contributed by atoms with Crippen molar-refractivity contribution < 1.29 is 14.4 Å². The van der Waals surface area contributed by atoms with Crippen LogP contribution in [0.3, 0.4) is 0 Å². The molecule has 0 fully saturated rings. The number of nitrogens with zero attached hydrogens (tertiary/aromatic N) is 3. The van der Waals surface area contributed by atoms with Crippen LogP contribution in [0.5, 0.6) is 0 Å². The zero-order chi connectivity index (χ0) is 14.0. The summed E-state index contributed by atoms with van der Waals surface area (Å²) in [6.07, 6.45) is 5.91. The van der Waals surface area contributed by atoms with Crippen LogP contribution >= 0.6 is 0 Å². The smallest absolute Gasteiger partial charge is 0.219 e. The molecular weight excluding hydrogens is 260 g/mol. The van der Waals surface area contributed by atoms with E-state index in [1.807, 2.05) is 0 Å². The van der Waals surface area contributed by atoms with Gasteiger partial charge in [0.25, 0.3) is 0 Å². The highest BCUT2D eigenvalue weighted by Crippen LogP contribution is 1.90. The summed E-state index contributed by atoms with van der Waals surface area (Å²) in [6, 6.07) is 0. The Morgan fingerprint density at radius 3 is 1.80 bits per heavy atom. The second-order valence-corrected chi connectivity index (χ2v) is 3.32. The largest absolute Gasteiger partial charge is 0.383 e. The number of allylic oxidation sites excluding steroid dienone is 1. The highest BCUT2D eigenvalue weighted by Gasteiger charge is 1.89. The maximum atomic E-state index is 10.00. The summed E-state index contributed by atoms with van der Waals surface area (Å²) < 4.78 is 0. The Balaban J connectivity index is -0.000000263. The van der Waals surface area contributed by atoms with Gasteiger partial charge < -0.3 is 10.6 Å². The lowest BCUT2D eigenvalue weighted by molar-refractivity contribution is -0.109. The lowest BCUT2D eigenvalue weighted by atomic mass is 10.3. The van der Waals surface area contributed by atoms with Crippen molar-refractivity contribution in [2.24, 2.45) is 0 Å². The Kier molecular flexibility index (Phi) is 14.5. The molecule has 112 valence electrons.